The van der Waals surface area contributed by atoms with Crippen LogP contribution in [0.1, 0.15) is 82.1 Å². The quantitative estimate of drug-likeness (QED) is 0.572. The number of alkyl halides is 3. The normalized spacial score (nSPS) is 14.0. The summed E-state index contributed by atoms with van der Waals surface area (Å²) in [4.78, 5) is 22.7. The summed E-state index contributed by atoms with van der Waals surface area (Å²) in [6.07, 6.45) is -5.28. The third kappa shape index (κ3) is 10.7. The minimum Gasteiger partial charge on any atom is -0.460 e. The van der Waals surface area contributed by atoms with Gasteiger partial charge < -0.3 is 9.47 Å². The van der Waals surface area contributed by atoms with Crippen molar-refractivity contribution in [2.24, 2.45) is 10.8 Å². The number of halogens is 3. The molecule has 0 aliphatic rings. The van der Waals surface area contributed by atoms with Gasteiger partial charge in [0.05, 0.1) is 10.8 Å². The Morgan fingerprint density at radius 3 is 1.42 bits per heavy atom. The van der Waals surface area contributed by atoms with Crippen LogP contribution in [0.3, 0.4) is 0 Å². The molecule has 1 atom stereocenters. The van der Waals surface area contributed by atoms with E-state index in [1.807, 2.05) is 41.5 Å². The molecule has 0 aromatic rings. The Labute approximate surface area is 155 Å². The van der Waals surface area contributed by atoms with Crippen LogP contribution in [-0.4, -0.2) is 29.8 Å². The standard InChI is InChI=1S/C10H20O2.C9H15F3O2/c1-7-10(5,6)8(11)12-9(2,3)4;1-5-8(3,4)7(13)14-6(2)9(10,11)12/h7H2,1-6H3;6H,5H2,1-4H3. The van der Waals surface area contributed by atoms with Crippen molar-refractivity contribution in [2.75, 3.05) is 0 Å². The first-order chi connectivity index (χ1) is 11.3. The van der Waals surface area contributed by atoms with E-state index in [2.05, 4.69) is 4.74 Å². The van der Waals surface area contributed by atoms with Crippen molar-refractivity contribution in [1.82, 2.24) is 0 Å². The van der Waals surface area contributed by atoms with Gasteiger partial charge in [-0.05, 0) is 68.2 Å². The molecule has 1 unspecified atom stereocenters. The van der Waals surface area contributed by atoms with Crippen molar-refractivity contribution in [3.8, 4) is 0 Å². The molecule has 0 saturated heterocycles. The lowest BCUT2D eigenvalue weighted by atomic mass is 9.90. The number of rotatable bonds is 5. The summed E-state index contributed by atoms with van der Waals surface area (Å²) in [6, 6.07) is 0. The molecule has 0 fully saturated rings. The fourth-order valence-electron chi connectivity index (χ4n) is 1.09. The molecule has 0 aromatic carbocycles. The van der Waals surface area contributed by atoms with Gasteiger partial charge in [-0.1, -0.05) is 13.8 Å². The van der Waals surface area contributed by atoms with E-state index < -0.39 is 23.7 Å². The highest BCUT2D eigenvalue weighted by Gasteiger charge is 2.41. The number of carbonyl (C=O) groups is 2. The van der Waals surface area contributed by atoms with E-state index in [4.69, 9.17) is 4.74 Å². The second kappa shape index (κ2) is 9.60. The molecule has 4 nitrogen and oxygen atoms in total. The summed E-state index contributed by atoms with van der Waals surface area (Å²) in [5.74, 6) is -0.928. The molecule has 0 radical (unpaired) electrons. The van der Waals surface area contributed by atoms with Crippen molar-refractivity contribution in [1.29, 1.82) is 0 Å². The smallest absolute Gasteiger partial charge is 0.425 e. The molecule has 26 heavy (non-hydrogen) atoms. The highest BCUT2D eigenvalue weighted by Crippen LogP contribution is 2.27. The zero-order chi connectivity index (χ0) is 21.6. The van der Waals surface area contributed by atoms with Crippen molar-refractivity contribution in [3.05, 3.63) is 0 Å². The SMILES string of the molecule is CCC(C)(C)C(=O)OC(C)(C)C.CCC(C)(C)C(=O)OC(C)C(F)(F)F. The van der Waals surface area contributed by atoms with Gasteiger partial charge in [0.25, 0.3) is 0 Å². The van der Waals surface area contributed by atoms with Crippen LogP contribution in [0.25, 0.3) is 0 Å². The Hall–Kier alpha value is -1.27. The minimum atomic E-state index is -4.49. The maximum atomic E-state index is 12.0. The van der Waals surface area contributed by atoms with Crippen LogP contribution in [0.4, 0.5) is 13.2 Å². The first-order valence-electron chi connectivity index (χ1n) is 8.81. The van der Waals surface area contributed by atoms with Crippen molar-refractivity contribution >= 4 is 11.9 Å². The van der Waals surface area contributed by atoms with Crippen LogP contribution in [0.5, 0.6) is 0 Å². The second-order valence-electron chi connectivity index (χ2n) is 8.57. The van der Waals surface area contributed by atoms with Gasteiger partial charge in [0.2, 0.25) is 0 Å². The van der Waals surface area contributed by atoms with E-state index in [0.29, 0.717) is 6.42 Å². The summed E-state index contributed by atoms with van der Waals surface area (Å²) in [6.45, 7) is 17.1. The summed E-state index contributed by atoms with van der Waals surface area (Å²) in [5, 5.41) is 0. The van der Waals surface area contributed by atoms with Crippen LogP contribution < -0.4 is 0 Å². The molecule has 0 bridgehead atoms. The lowest BCUT2D eigenvalue weighted by molar-refractivity contribution is -0.221. The van der Waals surface area contributed by atoms with Gasteiger partial charge in [0.1, 0.15) is 5.60 Å². The van der Waals surface area contributed by atoms with Gasteiger partial charge in [-0.25, -0.2) is 0 Å². The molecule has 7 heteroatoms. The highest BCUT2D eigenvalue weighted by molar-refractivity contribution is 5.76. The summed E-state index contributed by atoms with van der Waals surface area (Å²) in [5.41, 5.74) is -1.59. The van der Waals surface area contributed by atoms with Gasteiger partial charge >= 0.3 is 18.1 Å². The number of carbonyl (C=O) groups excluding carboxylic acids is 2. The summed E-state index contributed by atoms with van der Waals surface area (Å²) >= 11 is 0. The van der Waals surface area contributed by atoms with E-state index >= 15 is 0 Å². The zero-order valence-corrected chi connectivity index (χ0v) is 17.8. The predicted molar refractivity (Wildman–Crippen MR) is 95.6 cm³/mol. The maximum Gasteiger partial charge on any atom is 0.425 e. The largest absolute Gasteiger partial charge is 0.460 e. The first kappa shape index (κ1) is 27.0. The van der Waals surface area contributed by atoms with Crippen molar-refractivity contribution in [3.63, 3.8) is 0 Å². The Morgan fingerprint density at radius 1 is 0.808 bits per heavy atom. The lowest BCUT2D eigenvalue weighted by Crippen LogP contribution is -2.36. The van der Waals surface area contributed by atoms with E-state index in [-0.39, 0.29) is 17.0 Å². The molecule has 0 aromatic heterocycles. The van der Waals surface area contributed by atoms with Crippen LogP contribution in [0.15, 0.2) is 0 Å². The van der Waals surface area contributed by atoms with Crippen LogP contribution >= 0.6 is 0 Å². The first-order valence-corrected chi connectivity index (χ1v) is 8.81. The molecule has 0 saturated carbocycles. The van der Waals surface area contributed by atoms with Gasteiger partial charge in [0.15, 0.2) is 6.10 Å². The summed E-state index contributed by atoms with van der Waals surface area (Å²) < 4.78 is 45.6. The highest BCUT2D eigenvalue weighted by atomic mass is 19.4. The lowest BCUT2D eigenvalue weighted by Gasteiger charge is -2.27. The number of hydrogen-bond donors (Lipinski definition) is 0. The Balaban J connectivity index is 0. The van der Waals surface area contributed by atoms with E-state index in [0.717, 1.165) is 13.3 Å². The maximum absolute atomic E-state index is 12.0. The molecule has 0 spiro atoms. The molecule has 0 rings (SSSR count). The van der Waals surface area contributed by atoms with Crippen molar-refractivity contribution in [2.45, 2.75) is 100.0 Å². The Kier molecular flexibility index (Phi) is 9.96. The third-order valence-corrected chi connectivity index (χ3v) is 4.02. The van der Waals surface area contributed by atoms with Gasteiger partial charge in [-0.15, -0.1) is 0 Å². The average Bonchev–Trinajstić information content (AvgIpc) is 2.44. The number of esters is 2. The Morgan fingerprint density at radius 2 is 1.15 bits per heavy atom. The molecule has 0 aliphatic carbocycles. The molecular weight excluding hydrogens is 349 g/mol. The molecule has 0 N–H and O–H groups in total. The van der Waals surface area contributed by atoms with E-state index in [1.165, 1.54) is 0 Å². The van der Waals surface area contributed by atoms with Gasteiger partial charge in [-0.2, -0.15) is 13.2 Å². The third-order valence-electron chi connectivity index (χ3n) is 4.02. The van der Waals surface area contributed by atoms with Crippen LogP contribution in [0, 0.1) is 10.8 Å². The monoisotopic (exact) mass is 384 g/mol. The molecule has 0 amide bonds. The van der Waals surface area contributed by atoms with Crippen molar-refractivity contribution < 1.29 is 32.2 Å². The molecule has 0 aliphatic heterocycles. The number of ether oxygens (including phenoxy) is 2. The van der Waals surface area contributed by atoms with Crippen LogP contribution in [-0.2, 0) is 19.1 Å². The van der Waals surface area contributed by atoms with E-state index in [9.17, 15) is 22.8 Å². The van der Waals surface area contributed by atoms with E-state index in [1.54, 1.807) is 20.8 Å². The molecule has 156 valence electrons. The average molecular weight is 384 g/mol. The topological polar surface area (TPSA) is 52.6 Å². The molecular formula is C19H35F3O4. The number of hydrogen-bond acceptors (Lipinski definition) is 4. The Bertz CT molecular complexity index is 460. The second-order valence-corrected chi connectivity index (χ2v) is 8.57. The summed E-state index contributed by atoms with van der Waals surface area (Å²) in [7, 11) is 0. The molecule has 0 heterocycles. The fourth-order valence-corrected chi connectivity index (χ4v) is 1.09. The van der Waals surface area contributed by atoms with Gasteiger partial charge in [-0.3, -0.25) is 9.59 Å². The minimum absolute atomic E-state index is 0.113. The van der Waals surface area contributed by atoms with Crippen LogP contribution in [0.2, 0.25) is 0 Å². The predicted octanol–water partition coefficient (Wildman–Crippen LogP) is 5.68. The van der Waals surface area contributed by atoms with Gasteiger partial charge in [0, 0.05) is 0 Å². The zero-order valence-electron chi connectivity index (χ0n) is 17.8. The fraction of sp³-hybridized carbons (Fsp3) is 0.895.